The lowest BCUT2D eigenvalue weighted by Crippen LogP contribution is -2.43. The zero-order valence-electron chi connectivity index (χ0n) is 12.4. The highest BCUT2D eigenvalue weighted by Gasteiger charge is 2.50. The van der Waals surface area contributed by atoms with E-state index < -0.39 is 5.92 Å². The second-order valence-corrected chi connectivity index (χ2v) is 5.45. The van der Waals surface area contributed by atoms with E-state index in [2.05, 4.69) is 5.16 Å². The van der Waals surface area contributed by atoms with Crippen LogP contribution in [0.3, 0.4) is 0 Å². The largest absolute Gasteiger partial charge is 0.411 e. The van der Waals surface area contributed by atoms with Crippen LogP contribution in [0.5, 0.6) is 0 Å². The first kappa shape index (κ1) is 15.5. The second-order valence-electron chi connectivity index (χ2n) is 5.45. The number of nitrogens with zero attached hydrogens (tertiary/aromatic N) is 3. The first-order chi connectivity index (χ1) is 10.0. The molecule has 0 bridgehead atoms. The summed E-state index contributed by atoms with van der Waals surface area (Å²) >= 11 is 0. The number of likely N-dealkylation sites (tertiary alicyclic amines) is 1. The lowest BCUT2D eigenvalue weighted by atomic mass is 9.80. The zero-order valence-corrected chi connectivity index (χ0v) is 12.4. The Balaban J connectivity index is 2.10. The average Bonchev–Trinajstić information content (AvgIpc) is 2.73. The van der Waals surface area contributed by atoms with Crippen LogP contribution in [-0.4, -0.2) is 58.1 Å². The third-order valence-corrected chi connectivity index (χ3v) is 4.40. The Morgan fingerprint density at radius 1 is 1.29 bits per heavy atom. The molecule has 2 rings (SSSR count). The van der Waals surface area contributed by atoms with E-state index in [1.807, 2.05) is 13.8 Å². The van der Waals surface area contributed by atoms with Crippen molar-refractivity contribution in [2.75, 3.05) is 19.6 Å². The van der Waals surface area contributed by atoms with Gasteiger partial charge in [-0.1, -0.05) is 5.16 Å². The third-order valence-electron chi connectivity index (χ3n) is 4.40. The summed E-state index contributed by atoms with van der Waals surface area (Å²) in [5, 5.41) is 12.0. The number of amides is 3. The molecular formula is C14H21N3O4. The van der Waals surface area contributed by atoms with Gasteiger partial charge in [-0.05, 0) is 26.7 Å². The number of carbonyl (C=O) groups excluding carboxylic acids is 3. The molecule has 1 saturated carbocycles. The van der Waals surface area contributed by atoms with Crippen molar-refractivity contribution >= 4 is 23.4 Å². The maximum absolute atomic E-state index is 12.3. The van der Waals surface area contributed by atoms with Gasteiger partial charge in [0, 0.05) is 19.5 Å². The summed E-state index contributed by atoms with van der Waals surface area (Å²) in [6.45, 7) is 4.65. The van der Waals surface area contributed by atoms with Crippen LogP contribution in [0.2, 0.25) is 0 Å². The Hall–Kier alpha value is -1.92. The Morgan fingerprint density at radius 3 is 2.48 bits per heavy atom. The van der Waals surface area contributed by atoms with Gasteiger partial charge in [-0.3, -0.25) is 19.3 Å². The predicted octanol–water partition coefficient (Wildman–Crippen LogP) is 0.470. The van der Waals surface area contributed by atoms with Crippen molar-refractivity contribution in [3.63, 3.8) is 0 Å². The highest BCUT2D eigenvalue weighted by molar-refractivity contribution is 6.09. The Labute approximate surface area is 123 Å². The number of imide groups is 1. The minimum absolute atomic E-state index is 0.183. The molecule has 1 saturated heterocycles. The third kappa shape index (κ3) is 2.77. The highest BCUT2D eigenvalue weighted by Crippen LogP contribution is 2.37. The number of hydrogen-bond donors (Lipinski definition) is 1. The molecule has 116 valence electrons. The van der Waals surface area contributed by atoms with Crippen LogP contribution in [-0.2, 0) is 14.4 Å². The van der Waals surface area contributed by atoms with Crippen LogP contribution in [0.15, 0.2) is 5.16 Å². The van der Waals surface area contributed by atoms with E-state index in [4.69, 9.17) is 5.21 Å². The molecule has 2 unspecified atom stereocenters. The van der Waals surface area contributed by atoms with E-state index in [0.29, 0.717) is 38.1 Å². The minimum Gasteiger partial charge on any atom is -0.411 e. The molecule has 2 fully saturated rings. The molecule has 0 aromatic rings. The van der Waals surface area contributed by atoms with E-state index in [1.165, 1.54) is 0 Å². The van der Waals surface area contributed by atoms with E-state index in [9.17, 15) is 14.4 Å². The number of oxime groups is 1. The molecule has 0 spiro atoms. The Kier molecular flexibility index (Phi) is 4.59. The van der Waals surface area contributed by atoms with Gasteiger partial charge in [-0.25, -0.2) is 0 Å². The van der Waals surface area contributed by atoms with Gasteiger partial charge in [0.2, 0.25) is 17.7 Å². The molecule has 1 N–H and O–H groups in total. The summed E-state index contributed by atoms with van der Waals surface area (Å²) in [6, 6.07) is 0. The molecule has 0 aromatic carbocycles. The van der Waals surface area contributed by atoms with Crippen molar-refractivity contribution in [1.82, 2.24) is 9.80 Å². The van der Waals surface area contributed by atoms with E-state index >= 15 is 0 Å². The molecule has 0 radical (unpaired) electrons. The lowest BCUT2D eigenvalue weighted by molar-refractivity contribution is -0.146. The highest BCUT2D eigenvalue weighted by atomic mass is 16.4. The normalized spacial score (nSPS) is 27.1. The summed E-state index contributed by atoms with van der Waals surface area (Å²) < 4.78 is 0. The minimum atomic E-state index is -0.471. The molecule has 21 heavy (non-hydrogen) atoms. The summed E-state index contributed by atoms with van der Waals surface area (Å²) in [5.41, 5.74) is 0.550. The fraction of sp³-hybridized carbons (Fsp3) is 0.714. The van der Waals surface area contributed by atoms with Crippen LogP contribution in [0.1, 0.15) is 33.1 Å². The smallest absolute Gasteiger partial charge is 0.242 e. The standard InChI is InChI=1S/C14H21N3O4/c1-3-16(4-2)12(18)8-17-13(19)10-6-5-9(15-21)7-11(10)14(17)20/h10-11,21H,3-8H2,1-2H3/b15-9+. The topological polar surface area (TPSA) is 90.3 Å². The van der Waals surface area contributed by atoms with Crippen molar-refractivity contribution in [2.24, 2.45) is 17.0 Å². The molecule has 2 atom stereocenters. The molecule has 1 aliphatic heterocycles. The van der Waals surface area contributed by atoms with Crippen molar-refractivity contribution in [3.8, 4) is 0 Å². The molecule has 1 heterocycles. The van der Waals surface area contributed by atoms with Gasteiger partial charge in [0.25, 0.3) is 0 Å². The van der Waals surface area contributed by atoms with Crippen molar-refractivity contribution < 1.29 is 19.6 Å². The molecule has 3 amide bonds. The fourth-order valence-corrected chi connectivity index (χ4v) is 3.14. The summed E-state index contributed by atoms with van der Waals surface area (Å²) in [7, 11) is 0. The predicted molar refractivity (Wildman–Crippen MR) is 74.7 cm³/mol. The van der Waals surface area contributed by atoms with Gasteiger partial charge in [0.1, 0.15) is 6.54 Å². The van der Waals surface area contributed by atoms with Crippen molar-refractivity contribution in [2.45, 2.75) is 33.1 Å². The molecule has 2 aliphatic rings. The van der Waals surface area contributed by atoms with Crippen LogP contribution in [0.25, 0.3) is 0 Å². The van der Waals surface area contributed by atoms with Crippen molar-refractivity contribution in [1.29, 1.82) is 0 Å². The number of fused-ring (bicyclic) bond motifs is 1. The van der Waals surface area contributed by atoms with E-state index in [-0.39, 0.29) is 30.2 Å². The number of carbonyl (C=O) groups is 3. The molecule has 0 aromatic heterocycles. The van der Waals surface area contributed by atoms with E-state index in [1.54, 1.807) is 4.90 Å². The van der Waals surface area contributed by atoms with Gasteiger partial charge in [0.15, 0.2) is 0 Å². The quantitative estimate of drug-likeness (QED) is 0.464. The number of likely N-dealkylation sites (N-methyl/N-ethyl adjacent to an activating group) is 1. The zero-order chi connectivity index (χ0) is 15.6. The Morgan fingerprint density at radius 2 is 1.90 bits per heavy atom. The molecule has 1 aliphatic carbocycles. The van der Waals surface area contributed by atoms with Crippen molar-refractivity contribution in [3.05, 3.63) is 0 Å². The fourth-order valence-electron chi connectivity index (χ4n) is 3.14. The van der Waals surface area contributed by atoms with Crippen LogP contribution >= 0.6 is 0 Å². The molecular weight excluding hydrogens is 274 g/mol. The first-order valence-corrected chi connectivity index (χ1v) is 7.36. The summed E-state index contributed by atoms with van der Waals surface area (Å²) in [4.78, 5) is 39.4. The monoisotopic (exact) mass is 295 g/mol. The number of hydrogen-bond acceptors (Lipinski definition) is 5. The van der Waals surface area contributed by atoms with Gasteiger partial charge in [-0.15, -0.1) is 0 Å². The first-order valence-electron chi connectivity index (χ1n) is 7.36. The summed E-state index contributed by atoms with van der Waals surface area (Å²) in [5.74, 6) is -1.63. The van der Waals surface area contributed by atoms with E-state index in [0.717, 1.165) is 4.90 Å². The van der Waals surface area contributed by atoms with Gasteiger partial charge in [-0.2, -0.15) is 0 Å². The van der Waals surface area contributed by atoms with Crippen LogP contribution < -0.4 is 0 Å². The van der Waals surface area contributed by atoms with Gasteiger partial charge < -0.3 is 10.1 Å². The second kappa shape index (κ2) is 6.24. The van der Waals surface area contributed by atoms with Gasteiger partial charge >= 0.3 is 0 Å². The maximum Gasteiger partial charge on any atom is 0.242 e. The SMILES string of the molecule is CCN(CC)C(=O)CN1C(=O)C2CC/C(=N\O)CC2C1=O. The Bertz CT molecular complexity index is 485. The van der Waals surface area contributed by atoms with Gasteiger partial charge in [0.05, 0.1) is 17.5 Å². The molecule has 7 nitrogen and oxygen atoms in total. The maximum atomic E-state index is 12.3. The molecule has 7 heteroatoms. The van der Waals surface area contributed by atoms with Crippen LogP contribution in [0, 0.1) is 11.8 Å². The average molecular weight is 295 g/mol. The lowest BCUT2D eigenvalue weighted by Gasteiger charge is -2.22. The summed E-state index contributed by atoms with van der Waals surface area (Å²) in [6.07, 6.45) is 1.33. The van der Waals surface area contributed by atoms with Crippen LogP contribution in [0.4, 0.5) is 0 Å². The number of rotatable bonds is 4.